The third-order valence-corrected chi connectivity index (χ3v) is 6.01. The van der Waals surface area contributed by atoms with E-state index in [0.29, 0.717) is 12.1 Å². The van der Waals surface area contributed by atoms with E-state index in [-0.39, 0.29) is 10.8 Å². The molecule has 1 unspecified atom stereocenters. The van der Waals surface area contributed by atoms with E-state index in [9.17, 15) is 13.5 Å². The summed E-state index contributed by atoms with van der Waals surface area (Å²) in [7, 11) is -3.64. The van der Waals surface area contributed by atoms with Crippen molar-refractivity contribution in [1.82, 2.24) is 3.97 Å². The first kappa shape index (κ1) is 17.8. The molecular weight excluding hydrogens is 360 g/mol. The summed E-state index contributed by atoms with van der Waals surface area (Å²) in [6.45, 7) is 2.24. The molecule has 1 aromatic heterocycles. The molecule has 0 aliphatic carbocycles. The van der Waals surface area contributed by atoms with Crippen molar-refractivity contribution in [2.24, 2.45) is 0 Å². The van der Waals surface area contributed by atoms with Crippen LogP contribution in [0.3, 0.4) is 0 Å². The molecular formula is C18H19ClN2O3S. The number of rotatable bonds is 6. The largest absolute Gasteiger partial charge is 0.390 e. The highest BCUT2D eigenvalue weighted by atomic mass is 35.5. The monoisotopic (exact) mass is 378 g/mol. The molecule has 3 aromatic rings. The zero-order valence-corrected chi connectivity index (χ0v) is 15.3. The fourth-order valence-electron chi connectivity index (χ4n) is 2.55. The quantitative estimate of drug-likeness (QED) is 0.646. The van der Waals surface area contributed by atoms with E-state index in [1.165, 1.54) is 3.97 Å². The fraction of sp³-hybridized carbons (Fsp3) is 0.222. The number of alkyl halides is 1. The van der Waals surface area contributed by atoms with Crippen molar-refractivity contribution in [3.8, 4) is 0 Å². The maximum Gasteiger partial charge on any atom is 0.268 e. The molecule has 0 saturated heterocycles. The molecule has 2 aromatic carbocycles. The lowest BCUT2D eigenvalue weighted by molar-refractivity contribution is 0.211. The van der Waals surface area contributed by atoms with E-state index in [2.05, 4.69) is 5.32 Å². The van der Waals surface area contributed by atoms with Gasteiger partial charge in [-0.15, -0.1) is 11.6 Å². The Morgan fingerprint density at radius 3 is 2.56 bits per heavy atom. The lowest BCUT2D eigenvalue weighted by Gasteiger charge is -2.11. The highest BCUT2D eigenvalue weighted by Crippen LogP contribution is 2.25. The Morgan fingerprint density at radius 1 is 1.16 bits per heavy atom. The van der Waals surface area contributed by atoms with Gasteiger partial charge < -0.3 is 10.4 Å². The van der Waals surface area contributed by atoms with Crippen molar-refractivity contribution in [1.29, 1.82) is 0 Å². The van der Waals surface area contributed by atoms with E-state index in [1.807, 2.05) is 13.0 Å². The Labute approximate surface area is 151 Å². The van der Waals surface area contributed by atoms with Crippen molar-refractivity contribution >= 4 is 38.2 Å². The maximum absolute atomic E-state index is 12.9. The number of halogens is 1. The average Bonchev–Trinajstić information content (AvgIpc) is 3.04. The molecule has 1 heterocycles. The highest BCUT2D eigenvalue weighted by molar-refractivity contribution is 7.90. The third-order valence-electron chi connectivity index (χ3n) is 3.95. The van der Waals surface area contributed by atoms with Crippen LogP contribution in [0.5, 0.6) is 0 Å². The molecule has 2 N–H and O–H groups in total. The lowest BCUT2D eigenvalue weighted by atomic mass is 10.2. The van der Waals surface area contributed by atoms with Gasteiger partial charge in [-0.3, -0.25) is 0 Å². The topological polar surface area (TPSA) is 71.3 Å². The molecule has 0 aliphatic heterocycles. The van der Waals surface area contributed by atoms with Crippen LogP contribution in [-0.2, 0) is 10.0 Å². The second-order valence-corrected chi connectivity index (χ2v) is 8.02. The summed E-state index contributed by atoms with van der Waals surface area (Å²) in [6, 6.07) is 13.9. The molecule has 25 heavy (non-hydrogen) atoms. The second kappa shape index (κ2) is 7.07. The van der Waals surface area contributed by atoms with Gasteiger partial charge in [0, 0.05) is 23.8 Å². The number of hydrogen-bond donors (Lipinski definition) is 2. The van der Waals surface area contributed by atoms with Crippen LogP contribution in [0.2, 0.25) is 0 Å². The minimum absolute atomic E-state index is 0.153. The first-order valence-electron chi connectivity index (χ1n) is 7.83. The summed E-state index contributed by atoms with van der Waals surface area (Å²) in [6.07, 6.45) is 0.918. The minimum atomic E-state index is -3.64. The molecule has 1 atom stereocenters. The summed E-state index contributed by atoms with van der Waals surface area (Å²) >= 11 is 5.57. The van der Waals surface area contributed by atoms with Gasteiger partial charge in [0.15, 0.2) is 0 Å². The number of hydrogen-bond acceptors (Lipinski definition) is 4. The van der Waals surface area contributed by atoms with Crippen LogP contribution >= 0.6 is 11.6 Å². The van der Waals surface area contributed by atoms with Crippen molar-refractivity contribution < 1.29 is 13.5 Å². The van der Waals surface area contributed by atoms with Gasteiger partial charge in [-0.2, -0.15) is 0 Å². The van der Waals surface area contributed by atoms with E-state index < -0.39 is 16.1 Å². The Kier molecular flexibility index (Phi) is 5.03. The molecule has 3 rings (SSSR count). The van der Waals surface area contributed by atoms with Crippen LogP contribution in [0.1, 0.15) is 5.56 Å². The van der Waals surface area contributed by atoms with Gasteiger partial charge in [-0.25, -0.2) is 12.4 Å². The van der Waals surface area contributed by atoms with Crippen molar-refractivity contribution in [3.63, 3.8) is 0 Å². The van der Waals surface area contributed by atoms with Crippen LogP contribution in [0.4, 0.5) is 5.69 Å². The second-order valence-electron chi connectivity index (χ2n) is 5.89. The number of fused-ring (bicyclic) bond motifs is 1. The minimum Gasteiger partial charge on any atom is -0.390 e. The highest BCUT2D eigenvalue weighted by Gasteiger charge is 2.18. The SMILES string of the molecule is Cc1ccc(S(=O)(=O)n2ccc3cc(NCC(O)CCl)ccc32)cc1. The predicted molar refractivity (Wildman–Crippen MR) is 101 cm³/mol. The standard InChI is InChI=1S/C18H19ClN2O3S/c1-13-2-5-17(6-3-13)25(23,24)21-9-8-14-10-15(4-7-18(14)21)20-12-16(22)11-19/h2-10,16,20,22H,11-12H2,1H3. The van der Waals surface area contributed by atoms with Crippen LogP contribution in [0.25, 0.3) is 10.9 Å². The van der Waals surface area contributed by atoms with Crippen molar-refractivity contribution in [2.45, 2.75) is 17.9 Å². The third kappa shape index (κ3) is 3.66. The first-order valence-corrected chi connectivity index (χ1v) is 9.80. The van der Waals surface area contributed by atoms with Gasteiger partial charge in [-0.05, 0) is 43.3 Å². The smallest absolute Gasteiger partial charge is 0.268 e. The zero-order chi connectivity index (χ0) is 18.0. The van der Waals surface area contributed by atoms with E-state index in [4.69, 9.17) is 11.6 Å². The summed E-state index contributed by atoms with van der Waals surface area (Å²) in [4.78, 5) is 0.253. The molecule has 7 heteroatoms. The molecule has 0 amide bonds. The predicted octanol–water partition coefficient (Wildman–Crippen LogP) is 3.20. The van der Waals surface area contributed by atoms with E-state index in [1.54, 1.807) is 48.7 Å². The van der Waals surface area contributed by atoms with Crippen LogP contribution in [0.15, 0.2) is 59.6 Å². The number of nitrogens with one attached hydrogen (secondary N) is 1. The summed E-state index contributed by atoms with van der Waals surface area (Å²) in [5.41, 5.74) is 2.40. The number of aliphatic hydroxyl groups excluding tert-OH is 1. The number of aliphatic hydroxyl groups is 1. The van der Waals surface area contributed by atoms with Gasteiger partial charge >= 0.3 is 0 Å². The van der Waals surface area contributed by atoms with Gasteiger partial charge in [0.2, 0.25) is 0 Å². The van der Waals surface area contributed by atoms with E-state index in [0.717, 1.165) is 16.6 Å². The number of aryl methyl sites for hydroxylation is 1. The number of anilines is 1. The normalized spacial score (nSPS) is 13.1. The Bertz CT molecular complexity index is 981. The van der Waals surface area contributed by atoms with Gasteiger partial charge in [0.25, 0.3) is 10.0 Å². The van der Waals surface area contributed by atoms with Gasteiger partial charge in [0.1, 0.15) is 0 Å². The number of aromatic nitrogens is 1. The molecule has 0 radical (unpaired) electrons. The van der Waals surface area contributed by atoms with Gasteiger partial charge in [-0.1, -0.05) is 17.7 Å². The van der Waals surface area contributed by atoms with Crippen molar-refractivity contribution in [2.75, 3.05) is 17.7 Å². The van der Waals surface area contributed by atoms with Crippen molar-refractivity contribution in [3.05, 3.63) is 60.3 Å². The summed E-state index contributed by atoms with van der Waals surface area (Å²) in [5, 5.41) is 13.4. The zero-order valence-electron chi connectivity index (χ0n) is 13.7. The van der Waals surface area contributed by atoms with Crippen LogP contribution < -0.4 is 5.32 Å². The van der Waals surface area contributed by atoms with Crippen LogP contribution in [-0.4, -0.2) is 36.0 Å². The fourth-order valence-corrected chi connectivity index (χ4v) is 4.01. The molecule has 5 nitrogen and oxygen atoms in total. The Hall–Kier alpha value is -2.02. The molecule has 0 aliphatic rings. The lowest BCUT2D eigenvalue weighted by Crippen LogP contribution is -2.20. The Morgan fingerprint density at radius 2 is 1.88 bits per heavy atom. The first-order chi connectivity index (χ1) is 11.9. The molecule has 0 spiro atoms. The molecule has 0 saturated carbocycles. The average molecular weight is 379 g/mol. The summed E-state index contributed by atoms with van der Waals surface area (Å²) in [5.74, 6) is 0.153. The number of nitrogens with zero attached hydrogens (tertiary/aromatic N) is 1. The van der Waals surface area contributed by atoms with Crippen LogP contribution in [0, 0.1) is 6.92 Å². The number of benzene rings is 2. The van der Waals surface area contributed by atoms with Gasteiger partial charge in [0.05, 0.1) is 22.4 Å². The molecule has 0 fully saturated rings. The Balaban J connectivity index is 1.94. The summed E-state index contributed by atoms with van der Waals surface area (Å²) < 4.78 is 27.0. The van der Waals surface area contributed by atoms with E-state index >= 15 is 0 Å². The maximum atomic E-state index is 12.9. The molecule has 132 valence electrons. The molecule has 0 bridgehead atoms.